The second-order valence-corrected chi connectivity index (χ2v) is 6.25. The van der Waals surface area contributed by atoms with E-state index in [-0.39, 0.29) is 12.0 Å². The molecule has 0 fully saturated rings. The molecule has 2 heterocycles. The van der Waals surface area contributed by atoms with Crippen LogP contribution in [0.25, 0.3) is 10.6 Å². The molecule has 3 aromatic rings. The van der Waals surface area contributed by atoms with E-state index in [0.29, 0.717) is 17.1 Å². The van der Waals surface area contributed by atoms with Crippen molar-refractivity contribution in [3.63, 3.8) is 0 Å². The number of amides is 1. The Morgan fingerprint density at radius 1 is 1.17 bits per heavy atom. The van der Waals surface area contributed by atoms with Crippen molar-refractivity contribution in [1.82, 2.24) is 9.97 Å². The summed E-state index contributed by atoms with van der Waals surface area (Å²) in [6.45, 7) is 3.89. The van der Waals surface area contributed by atoms with Crippen LogP contribution in [0.15, 0.2) is 54.2 Å². The number of carbonyl (C=O) groups is 1. The molecule has 2 aromatic heterocycles. The lowest BCUT2D eigenvalue weighted by Crippen LogP contribution is -2.14. The highest BCUT2D eigenvalue weighted by molar-refractivity contribution is 7.13. The lowest BCUT2D eigenvalue weighted by molar-refractivity contribution is 0.102. The highest BCUT2D eigenvalue weighted by Crippen LogP contribution is 2.27. The minimum Gasteiger partial charge on any atom is -0.489 e. The van der Waals surface area contributed by atoms with Gasteiger partial charge in [0.25, 0.3) is 5.91 Å². The number of nitrogens with zero attached hydrogens (tertiary/aromatic N) is 2. The van der Waals surface area contributed by atoms with Gasteiger partial charge in [0, 0.05) is 23.3 Å². The molecule has 0 bridgehead atoms. The van der Waals surface area contributed by atoms with Crippen molar-refractivity contribution in [2.45, 2.75) is 20.0 Å². The largest absolute Gasteiger partial charge is 0.489 e. The molecule has 0 saturated heterocycles. The van der Waals surface area contributed by atoms with Gasteiger partial charge in [0.05, 0.1) is 11.8 Å². The SMILES string of the molecule is CC(C)Oc1ccccc1NC(=O)c1csc(-c2ccncc2)n1. The summed E-state index contributed by atoms with van der Waals surface area (Å²) in [4.78, 5) is 20.9. The first-order chi connectivity index (χ1) is 11.6. The summed E-state index contributed by atoms with van der Waals surface area (Å²) in [6.07, 6.45) is 3.44. The Labute approximate surface area is 144 Å². The molecule has 122 valence electrons. The molecule has 1 amide bonds. The third-order valence-electron chi connectivity index (χ3n) is 3.16. The average Bonchev–Trinajstić information content (AvgIpc) is 3.07. The molecule has 3 rings (SSSR count). The van der Waals surface area contributed by atoms with E-state index in [1.807, 2.05) is 50.2 Å². The monoisotopic (exact) mass is 339 g/mol. The van der Waals surface area contributed by atoms with Crippen molar-refractivity contribution in [3.05, 3.63) is 59.9 Å². The van der Waals surface area contributed by atoms with Crippen LogP contribution in [0, 0.1) is 0 Å². The summed E-state index contributed by atoms with van der Waals surface area (Å²) in [6, 6.07) is 11.1. The summed E-state index contributed by atoms with van der Waals surface area (Å²) < 4.78 is 5.72. The highest BCUT2D eigenvalue weighted by Gasteiger charge is 2.14. The lowest BCUT2D eigenvalue weighted by atomic mass is 10.2. The third kappa shape index (κ3) is 3.78. The maximum Gasteiger partial charge on any atom is 0.275 e. The molecule has 0 radical (unpaired) electrons. The van der Waals surface area contributed by atoms with Gasteiger partial charge in [0.1, 0.15) is 16.5 Å². The molecule has 0 aliphatic heterocycles. The molecule has 5 nitrogen and oxygen atoms in total. The second kappa shape index (κ2) is 7.23. The van der Waals surface area contributed by atoms with Gasteiger partial charge in [-0.3, -0.25) is 9.78 Å². The summed E-state index contributed by atoms with van der Waals surface area (Å²) in [5.74, 6) is 0.386. The zero-order valence-electron chi connectivity index (χ0n) is 13.4. The Kier molecular flexibility index (Phi) is 4.86. The number of aromatic nitrogens is 2. The van der Waals surface area contributed by atoms with Gasteiger partial charge in [-0.25, -0.2) is 4.98 Å². The maximum absolute atomic E-state index is 12.5. The van der Waals surface area contributed by atoms with Crippen molar-refractivity contribution in [1.29, 1.82) is 0 Å². The van der Waals surface area contributed by atoms with Gasteiger partial charge in [-0.2, -0.15) is 0 Å². The van der Waals surface area contributed by atoms with E-state index in [9.17, 15) is 4.79 Å². The van der Waals surface area contributed by atoms with Crippen LogP contribution in [-0.2, 0) is 0 Å². The van der Waals surface area contributed by atoms with Crippen molar-refractivity contribution in [2.24, 2.45) is 0 Å². The first kappa shape index (κ1) is 16.1. The quantitative estimate of drug-likeness (QED) is 0.755. The topological polar surface area (TPSA) is 64.1 Å². The van der Waals surface area contributed by atoms with Gasteiger partial charge < -0.3 is 10.1 Å². The summed E-state index contributed by atoms with van der Waals surface area (Å²) in [5, 5.41) is 5.40. The summed E-state index contributed by atoms with van der Waals surface area (Å²) in [5.41, 5.74) is 1.96. The molecule has 0 atom stereocenters. The number of benzene rings is 1. The Balaban J connectivity index is 1.78. The number of hydrogen-bond acceptors (Lipinski definition) is 5. The van der Waals surface area contributed by atoms with Crippen molar-refractivity contribution < 1.29 is 9.53 Å². The van der Waals surface area contributed by atoms with Gasteiger partial charge in [-0.15, -0.1) is 11.3 Å². The number of nitrogens with one attached hydrogen (secondary N) is 1. The van der Waals surface area contributed by atoms with Crippen LogP contribution in [-0.4, -0.2) is 22.0 Å². The predicted octanol–water partition coefficient (Wildman–Crippen LogP) is 4.24. The minimum absolute atomic E-state index is 0.0283. The lowest BCUT2D eigenvalue weighted by Gasteiger charge is -2.14. The van der Waals surface area contributed by atoms with Crippen LogP contribution in [0.5, 0.6) is 5.75 Å². The molecular formula is C18H17N3O2S. The van der Waals surface area contributed by atoms with E-state index in [1.54, 1.807) is 17.8 Å². The first-order valence-corrected chi connectivity index (χ1v) is 8.44. The average molecular weight is 339 g/mol. The minimum atomic E-state index is -0.258. The maximum atomic E-state index is 12.5. The van der Waals surface area contributed by atoms with Crippen LogP contribution in [0.1, 0.15) is 24.3 Å². The van der Waals surface area contributed by atoms with Crippen molar-refractivity contribution >= 4 is 22.9 Å². The van der Waals surface area contributed by atoms with Crippen LogP contribution >= 0.6 is 11.3 Å². The van der Waals surface area contributed by atoms with Gasteiger partial charge in [-0.05, 0) is 38.1 Å². The van der Waals surface area contributed by atoms with Gasteiger partial charge in [0.2, 0.25) is 0 Å². The van der Waals surface area contributed by atoms with E-state index >= 15 is 0 Å². The van der Waals surface area contributed by atoms with E-state index in [1.165, 1.54) is 11.3 Å². The molecule has 1 aromatic carbocycles. The van der Waals surface area contributed by atoms with E-state index < -0.39 is 0 Å². The van der Waals surface area contributed by atoms with Gasteiger partial charge in [0.15, 0.2) is 0 Å². The third-order valence-corrected chi connectivity index (χ3v) is 4.05. The standard InChI is InChI=1S/C18H17N3O2S/c1-12(2)23-16-6-4-3-5-14(16)20-17(22)15-11-24-18(21-15)13-7-9-19-10-8-13/h3-12H,1-2H3,(H,20,22). The van der Waals surface area contributed by atoms with Crippen LogP contribution in [0.2, 0.25) is 0 Å². The van der Waals surface area contributed by atoms with E-state index in [4.69, 9.17) is 4.74 Å². The Bertz CT molecular complexity index is 831. The van der Waals surface area contributed by atoms with Crippen molar-refractivity contribution in [3.8, 4) is 16.3 Å². The predicted molar refractivity (Wildman–Crippen MR) is 95.5 cm³/mol. The Hall–Kier alpha value is -2.73. The highest BCUT2D eigenvalue weighted by atomic mass is 32.1. The van der Waals surface area contributed by atoms with E-state index in [0.717, 1.165) is 10.6 Å². The summed E-state index contributed by atoms with van der Waals surface area (Å²) in [7, 11) is 0. The Morgan fingerprint density at radius 3 is 2.67 bits per heavy atom. The first-order valence-electron chi connectivity index (χ1n) is 7.56. The zero-order chi connectivity index (χ0) is 16.9. The molecule has 0 saturated carbocycles. The summed E-state index contributed by atoms with van der Waals surface area (Å²) >= 11 is 1.43. The fourth-order valence-electron chi connectivity index (χ4n) is 2.12. The number of hydrogen-bond donors (Lipinski definition) is 1. The normalized spacial score (nSPS) is 10.6. The van der Waals surface area contributed by atoms with Gasteiger partial charge >= 0.3 is 0 Å². The second-order valence-electron chi connectivity index (χ2n) is 5.39. The number of pyridine rings is 1. The molecular weight excluding hydrogens is 322 g/mol. The van der Waals surface area contributed by atoms with E-state index in [2.05, 4.69) is 15.3 Å². The van der Waals surface area contributed by atoms with Gasteiger partial charge in [-0.1, -0.05) is 12.1 Å². The van der Waals surface area contributed by atoms with Crippen LogP contribution < -0.4 is 10.1 Å². The molecule has 1 N–H and O–H groups in total. The number of anilines is 1. The van der Waals surface area contributed by atoms with Crippen LogP contribution in [0.3, 0.4) is 0 Å². The van der Waals surface area contributed by atoms with Crippen molar-refractivity contribution in [2.75, 3.05) is 5.32 Å². The smallest absolute Gasteiger partial charge is 0.275 e. The zero-order valence-corrected chi connectivity index (χ0v) is 14.2. The fraction of sp³-hybridized carbons (Fsp3) is 0.167. The fourth-order valence-corrected chi connectivity index (χ4v) is 2.92. The number of carbonyl (C=O) groups excluding carboxylic acids is 1. The molecule has 0 unspecified atom stereocenters. The number of rotatable bonds is 5. The molecule has 6 heteroatoms. The Morgan fingerprint density at radius 2 is 1.92 bits per heavy atom. The number of para-hydroxylation sites is 2. The molecule has 0 spiro atoms. The number of ether oxygens (including phenoxy) is 1. The molecule has 24 heavy (non-hydrogen) atoms. The molecule has 0 aliphatic carbocycles. The number of thiazole rings is 1. The molecule has 0 aliphatic rings. The van der Waals surface area contributed by atoms with Crippen LogP contribution in [0.4, 0.5) is 5.69 Å².